The molecular weight excluding hydrogens is 714 g/mol. The van der Waals surface area contributed by atoms with Crippen molar-refractivity contribution in [2.75, 3.05) is 13.3 Å². The van der Waals surface area contributed by atoms with Crippen LogP contribution in [0.5, 0.6) is 0 Å². The van der Waals surface area contributed by atoms with Crippen molar-refractivity contribution in [3.8, 4) is 67.0 Å². The predicted molar refractivity (Wildman–Crippen MR) is 240 cm³/mol. The van der Waals surface area contributed by atoms with E-state index >= 15 is 0 Å². The third-order valence-electron chi connectivity index (χ3n) is 10.9. The lowest BCUT2D eigenvalue weighted by Gasteiger charge is -2.19. The summed E-state index contributed by atoms with van der Waals surface area (Å²) in [6.45, 7) is 3.68. The van der Waals surface area contributed by atoms with Gasteiger partial charge in [-0.05, 0) is 104 Å². The summed E-state index contributed by atoms with van der Waals surface area (Å²) in [5, 5.41) is 10.6. The van der Waals surface area contributed by atoms with E-state index in [1.807, 2.05) is 42.1 Å². The van der Waals surface area contributed by atoms with Gasteiger partial charge in [0.25, 0.3) is 0 Å². The Kier molecular flexibility index (Phi) is 8.51. The monoisotopic (exact) mass is 751 g/mol. The van der Waals surface area contributed by atoms with Crippen LogP contribution in [0.2, 0.25) is 0 Å². The molecule has 57 heavy (non-hydrogen) atoms. The third-order valence-corrected chi connectivity index (χ3v) is 12.4. The van der Waals surface area contributed by atoms with Gasteiger partial charge in [-0.2, -0.15) is 0 Å². The Morgan fingerprint density at radius 3 is 1.46 bits per heavy atom. The Labute approximate surface area is 332 Å². The van der Waals surface area contributed by atoms with Crippen LogP contribution in [-0.2, 0) is 4.57 Å². The zero-order chi connectivity index (χ0) is 38.5. The normalized spacial score (nSPS) is 11.8. The van der Waals surface area contributed by atoms with Gasteiger partial charge in [-0.25, -0.2) is 9.50 Å². The maximum Gasteiger partial charge on any atom is 0.182 e. The van der Waals surface area contributed by atoms with Crippen LogP contribution in [-0.4, -0.2) is 27.9 Å². The van der Waals surface area contributed by atoms with Crippen molar-refractivity contribution in [1.29, 1.82) is 0 Å². The number of nitrogens with zero attached hydrogens (tertiary/aromatic N) is 3. The molecule has 272 valence electrons. The van der Waals surface area contributed by atoms with Crippen molar-refractivity contribution in [2.45, 2.75) is 0 Å². The molecule has 2 aromatic heterocycles. The van der Waals surface area contributed by atoms with Crippen molar-refractivity contribution in [3.05, 3.63) is 194 Å². The van der Waals surface area contributed by atoms with Crippen LogP contribution >= 0.6 is 7.14 Å². The van der Waals surface area contributed by atoms with E-state index in [9.17, 15) is 4.57 Å². The van der Waals surface area contributed by atoms with Crippen LogP contribution in [0.1, 0.15) is 0 Å². The minimum Gasteiger partial charge on any atom is -0.319 e. The Morgan fingerprint density at radius 1 is 0.421 bits per heavy atom. The molecule has 0 radical (unpaired) electrons. The van der Waals surface area contributed by atoms with Crippen LogP contribution in [0.25, 0.3) is 94.2 Å². The largest absolute Gasteiger partial charge is 0.319 e. The molecule has 0 bridgehead atoms. The molecule has 10 aromatic rings. The number of hydrogen-bond donors (Lipinski definition) is 0. The van der Waals surface area contributed by atoms with E-state index in [1.165, 1.54) is 27.1 Å². The Bertz CT molecular complexity index is 3120. The molecule has 10 rings (SSSR count). The molecule has 4 nitrogen and oxygen atoms in total. The molecule has 0 spiro atoms. The summed E-state index contributed by atoms with van der Waals surface area (Å²) in [6, 6.07) is 66.0. The Hall–Kier alpha value is -6.87. The van der Waals surface area contributed by atoms with Gasteiger partial charge in [-0.3, -0.25) is 0 Å². The summed E-state index contributed by atoms with van der Waals surface area (Å²) in [5.74, 6) is 0.676. The van der Waals surface area contributed by atoms with Gasteiger partial charge in [0.05, 0.1) is 0 Å². The molecule has 0 unspecified atom stereocenters. The second-order valence-electron chi connectivity index (χ2n) is 15.0. The second-order valence-corrected chi connectivity index (χ2v) is 18.2. The highest BCUT2D eigenvalue weighted by atomic mass is 31.2. The molecule has 0 fully saturated rings. The average molecular weight is 752 g/mol. The first-order chi connectivity index (χ1) is 27.9. The van der Waals surface area contributed by atoms with Gasteiger partial charge in [-0.1, -0.05) is 164 Å². The number of fused-ring (bicyclic) bond motifs is 3. The molecule has 0 aliphatic rings. The third kappa shape index (κ3) is 6.35. The van der Waals surface area contributed by atoms with Crippen LogP contribution in [0, 0.1) is 0 Å². The molecule has 2 heterocycles. The van der Waals surface area contributed by atoms with Crippen LogP contribution < -0.4 is 5.30 Å². The highest BCUT2D eigenvalue weighted by Crippen LogP contribution is 2.45. The molecular formula is C52H38N3OP. The number of aromatic nitrogens is 3. The van der Waals surface area contributed by atoms with E-state index in [1.54, 1.807) is 0 Å². The first-order valence-corrected chi connectivity index (χ1v) is 21.8. The zero-order valence-corrected chi connectivity index (χ0v) is 32.6. The van der Waals surface area contributed by atoms with Gasteiger partial charge in [0.15, 0.2) is 11.5 Å². The molecule has 0 aliphatic heterocycles. The number of hydrogen-bond acceptors (Lipinski definition) is 3. The molecule has 5 heteroatoms. The van der Waals surface area contributed by atoms with Gasteiger partial charge in [0.2, 0.25) is 0 Å². The fourth-order valence-corrected chi connectivity index (χ4v) is 9.06. The van der Waals surface area contributed by atoms with Gasteiger partial charge in [0, 0.05) is 28.2 Å². The second kappa shape index (κ2) is 14.0. The van der Waals surface area contributed by atoms with Crippen molar-refractivity contribution < 1.29 is 4.57 Å². The molecule has 0 N–H and O–H groups in total. The number of benzene rings is 8. The van der Waals surface area contributed by atoms with Crippen LogP contribution in [0.4, 0.5) is 0 Å². The smallest absolute Gasteiger partial charge is 0.182 e. The molecule has 0 aliphatic carbocycles. The van der Waals surface area contributed by atoms with E-state index in [-0.39, 0.29) is 0 Å². The molecule has 0 saturated heterocycles. The lowest BCUT2D eigenvalue weighted by atomic mass is 9.85. The summed E-state index contributed by atoms with van der Waals surface area (Å²) >= 11 is 0. The Morgan fingerprint density at radius 2 is 0.877 bits per heavy atom. The van der Waals surface area contributed by atoms with Gasteiger partial charge < -0.3 is 4.57 Å². The summed E-state index contributed by atoms with van der Waals surface area (Å²) in [6.07, 6.45) is 2.07. The standard InChI is InChI=1S/C52H38N3OP/c1-57(2,56)43-25-15-23-40(32-43)50-46-28-11-9-26-44(46)49(45-27-10-12-29-47(45)50)39-22-13-20-37(30-39)38-21-14-24-41(31-38)51-53-52-48(36-18-7-4-8-19-36)33-42(34-55(52)54-51)35-16-5-3-6-17-35/h3-34H,1-2H3. The molecule has 0 saturated carbocycles. The van der Waals surface area contributed by atoms with E-state index in [2.05, 4.69) is 170 Å². The summed E-state index contributed by atoms with van der Waals surface area (Å²) in [7, 11) is -2.45. The SMILES string of the molecule is CP(C)(=O)c1cccc(-c2c3ccccc3c(-c3cccc(-c4cccc(-c5nc6c(-c7ccccc7)cc(-c7ccccc7)cn6n5)c4)c3)c3ccccc23)c1. The zero-order valence-electron chi connectivity index (χ0n) is 31.7. The van der Waals surface area contributed by atoms with Gasteiger partial charge in [0.1, 0.15) is 7.14 Å². The minimum atomic E-state index is -2.45. The Balaban J connectivity index is 1.09. The number of pyridine rings is 1. The van der Waals surface area contributed by atoms with Gasteiger partial charge >= 0.3 is 0 Å². The van der Waals surface area contributed by atoms with Crippen LogP contribution in [0.3, 0.4) is 0 Å². The lowest BCUT2D eigenvalue weighted by Crippen LogP contribution is -2.02. The molecule has 8 aromatic carbocycles. The first-order valence-electron chi connectivity index (χ1n) is 19.2. The van der Waals surface area contributed by atoms with E-state index in [0.717, 1.165) is 66.6 Å². The molecule has 0 amide bonds. The van der Waals surface area contributed by atoms with Crippen molar-refractivity contribution in [3.63, 3.8) is 0 Å². The lowest BCUT2D eigenvalue weighted by molar-refractivity contribution is 0.588. The maximum atomic E-state index is 13.2. The average Bonchev–Trinajstić information content (AvgIpc) is 3.70. The first kappa shape index (κ1) is 34.6. The predicted octanol–water partition coefficient (Wildman–Crippen LogP) is 13.3. The highest BCUT2D eigenvalue weighted by molar-refractivity contribution is 7.70. The van der Waals surface area contributed by atoms with Crippen LogP contribution in [0.15, 0.2) is 194 Å². The van der Waals surface area contributed by atoms with Crippen molar-refractivity contribution in [1.82, 2.24) is 14.6 Å². The van der Waals surface area contributed by atoms with E-state index in [0.29, 0.717) is 5.82 Å². The topological polar surface area (TPSA) is 47.3 Å². The fraction of sp³-hybridized carbons (Fsp3) is 0.0385. The quantitative estimate of drug-likeness (QED) is 0.120. The van der Waals surface area contributed by atoms with Crippen molar-refractivity contribution in [2.24, 2.45) is 0 Å². The van der Waals surface area contributed by atoms with Gasteiger partial charge in [-0.15, -0.1) is 5.10 Å². The summed E-state index contributed by atoms with van der Waals surface area (Å²) in [5.41, 5.74) is 12.9. The summed E-state index contributed by atoms with van der Waals surface area (Å²) in [4.78, 5) is 5.15. The highest BCUT2D eigenvalue weighted by Gasteiger charge is 2.20. The van der Waals surface area contributed by atoms with Crippen molar-refractivity contribution >= 4 is 39.6 Å². The number of rotatable bonds is 7. The fourth-order valence-electron chi connectivity index (χ4n) is 8.17. The maximum absolute atomic E-state index is 13.2. The molecule has 0 atom stereocenters. The minimum absolute atomic E-state index is 0.676. The summed E-state index contributed by atoms with van der Waals surface area (Å²) < 4.78 is 15.1. The van der Waals surface area contributed by atoms with E-state index < -0.39 is 7.14 Å². The van der Waals surface area contributed by atoms with E-state index in [4.69, 9.17) is 10.1 Å².